The van der Waals surface area contributed by atoms with Gasteiger partial charge in [0.15, 0.2) is 0 Å². The molecule has 4 rings (SSSR count). The summed E-state index contributed by atoms with van der Waals surface area (Å²) in [5.74, 6) is 1.46. The Morgan fingerprint density at radius 3 is 2.60 bits per heavy atom. The second kappa shape index (κ2) is 7.48. The van der Waals surface area contributed by atoms with E-state index in [0.29, 0.717) is 6.04 Å². The van der Waals surface area contributed by atoms with Gasteiger partial charge in [0.05, 0.1) is 0 Å². The molecule has 5 heteroatoms. The molecule has 2 atom stereocenters. The molecule has 0 bridgehead atoms. The molecule has 3 heterocycles. The number of hydrogen-bond donors (Lipinski definition) is 0. The SMILES string of the molecule is Fc1ccc(CCC2CCC3CN(c4ncccn4)CCN3C2)cc1. The van der Waals surface area contributed by atoms with Gasteiger partial charge >= 0.3 is 0 Å². The van der Waals surface area contributed by atoms with Gasteiger partial charge in [0.1, 0.15) is 5.82 Å². The highest BCUT2D eigenvalue weighted by molar-refractivity contribution is 5.30. The largest absolute Gasteiger partial charge is 0.338 e. The fraction of sp³-hybridized carbons (Fsp3) is 0.500. The van der Waals surface area contributed by atoms with Crippen LogP contribution in [0.3, 0.4) is 0 Å². The van der Waals surface area contributed by atoms with Crippen molar-refractivity contribution >= 4 is 5.95 Å². The zero-order chi connectivity index (χ0) is 17.1. The minimum atomic E-state index is -0.149. The van der Waals surface area contributed by atoms with Crippen molar-refractivity contribution in [1.29, 1.82) is 0 Å². The highest BCUT2D eigenvalue weighted by Gasteiger charge is 2.33. The maximum atomic E-state index is 13.0. The van der Waals surface area contributed by atoms with Crippen LogP contribution in [0.5, 0.6) is 0 Å². The zero-order valence-corrected chi connectivity index (χ0v) is 14.5. The predicted octanol–water partition coefficient (Wildman–Crippen LogP) is 3.15. The first kappa shape index (κ1) is 16.5. The molecule has 0 N–H and O–H groups in total. The van der Waals surface area contributed by atoms with Crippen LogP contribution in [-0.4, -0.2) is 47.1 Å². The lowest BCUT2D eigenvalue weighted by Gasteiger charge is -2.46. The number of fused-ring (bicyclic) bond motifs is 1. The van der Waals surface area contributed by atoms with Crippen molar-refractivity contribution in [2.24, 2.45) is 5.92 Å². The van der Waals surface area contributed by atoms with Gasteiger partial charge in [-0.15, -0.1) is 0 Å². The number of aryl methyl sites for hydroxylation is 1. The normalized spacial score (nSPS) is 24.1. The van der Waals surface area contributed by atoms with E-state index in [4.69, 9.17) is 0 Å². The number of hydrogen-bond acceptors (Lipinski definition) is 4. The van der Waals surface area contributed by atoms with Gasteiger partial charge in [0.2, 0.25) is 5.95 Å². The fourth-order valence-corrected chi connectivity index (χ4v) is 4.15. The van der Waals surface area contributed by atoms with E-state index in [2.05, 4.69) is 19.8 Å². The number of piperazine rings is 1. The number of aromatic nitrogens is 2. The number of rotatable bonds is 4. The van der Waals surface area contributed by atoms with E-state index in [-0.39, 0.29) is 5.82 Å². The van der Waals surface area contributed by atoms with E-state index in [0.717, 1.165) is 37.9 Å². The molecular formula is C20H25FN4. The average molecular weight is 340 g/mol. The van der Waals surface area contributed by atoms with Crippen molar-refractivity contribution in [1.82, 2.24) is 14.9 Å². The molecule has 132 valence electrons. The second-order valence-electron chi connectivity index (χ2n) is 7.25. The summed E-state index contributed by atoms with van der Waals surface area (Å²) in [6, 6.07) is 9.46. The van der Waals surface area contributed by atoms with Gasteiger partial charge < -0.3 is 4.90 Å². The first-order chi connectivity index (χ1) is 12.3. The lowest BCUT2D eigenvalue weighted by Crippen LogP contribution is -2.56. The molecule has 0 amide bonds. The number of benzene rings is 1. The monoisotopic (exact) mass is 340 g/mol. The van der Waals surface area contributed by atoms with E-state index < -0.39 is 0 Å². The van der Waals surface area contributed by atoms with Crippen LogP contribution in [0, 0.1) is 11.7 Å². The fourth-order valence-electron chi connectivity index (χ4n) is 4.15. The Bertz CT molecular complexity index is 676. The quantitative estimate of drug-likeness (QED) is 0.856. The maximum Gasteiger partial charge on any atom is 0.225 e. The molecule has 2 aromatic rings. The lowest BCUT2D eigenvalue weighted by molar-refractivity contribution is 0.0919. The Balaban J connectivity index is 1.29. The highest BCUT2D eigenvalue weighted by Crippen LogP contribution is 2.28. The Labute approximate surface area is 148 Å². The summed E-state index contributed by atoms with van der Waals surface area (Å²) < 4.78 is 13.0. The molecule has 0 radical (unpaired) electrons. The highest BCUT2D eigenvalue weighted by atomic mass is 19.1. The van der Waals surface area contributed by atoms with Crippen molar-refractivity contribution < 1.29 is 4.39 Å². The topological polar surface area (TPSA) is 32.3 Å². The van der Waals surface area contributed by atoms with Gasteiger partial charge in [-0.2, -0.15) is 0 Å². The summed E-state index contributed by atoms with van der Waals surface area (Å²) in [6.45, 7) is 4.32. The van der Waals surface area contributed by atoms with Crippen LogP contribution in [0.25, 0.3) is 0 Å². The number of nitrogens with zero attached hydrogens (tertiary/aromatic N) is 4. The van der Waals surface area contributed by atoms with E-state index in [1.54, 1.807) is 12.1 Å². The van der Waals surface area contributed by atoms with Crippen molar-refractivity contribution in [2.75, 3.05) is 31.1 Å². The second-order valence-corrected chi connectivity index (χ2v) is 7.25. The van der Waals surface area contributed by atoms with Gasteiger partial charge in [-0.25, -0.2) is 14.4 Å². The summed E-state index contributed by atoms with van der Waals surface area (Å²) in [5.41, 5.74) is 1.24. The molecule has 0 spiro atoms. The Kier molecular flexibility index (Phi) is 4.92. The van der Waals surface area contributed by atoms with Crippen LogP contribution < -0.4 is 4.90 Å². The third-order valence-corrected chi connectivity index (χ3v) is 5.60. The average Bonchev–Trinajstić information content (AvgIpc) is 2.68. The van der Waals surface area contributed by atoms with Crippen LogP contribution in [0.4, 0.5) is 10.3 Å². The lowest BCUT2D eigenvalue weighted by atomic mass is 9.87. The van der Waals surface area contributed by atoms with Gasteiger partial charge in [-0.05, 0) is 55.4 Å². The van der Waals surface area contributed by atoms with Crippen molar-refractivity contribution in [2.45, 2.75) is 31.7 Å². The molecule has 1 aromatic heterocycles. The van der Waals surface area contributed by atoms with Crippen LogP contribution in [0.1, 0.15) is 24.8 Å². The molecule has 2 fully saturated rings. The molecule has 0 saturated carbocycles. The zero-order valence-electron chi connectivity index (χ0n) is 14.5. The number of piperidine rings is 1. The number of halogens is 1. The molecule has 4 nitrogen and oxygen atoms in total. The minimum Gasteiger partial charge on any atom is -0.338 e. The van der Waals surface area contributed by atoms with E-state index in [1.807, 2.05) is 30.6 Å². The molecule has 2 unspecified atom stereocenters. The smallest absolute Gasteiger partial charge is 0.225 e. The first-order valence-corrected chi connectivity index (χ1v) is 9.28. The molecule has 2 aliphatic heterocycles. The molecule has 1 aromatic carbocycles. The van der Waals surface area contributed by atoms with Crippen molar-refractivity contribution in [3.63, 3.8) is 0 Å². The third-order valence-electron chi connectivity index (χ3n) is 5.60. The van der Waals surface area contributed by atoms with Crippen molar-refractivity contribution in [3.8, 4) is 0 Å². The maximum absolute atomic E-state index is 13.0. The minimum absolute atomic E-state index is 0.149. The summed E-state index contributed by atoms with van der Waals surface area (Å²) in [4.78, 5) is 13.8. The Morgan fingerprint density at radius 2 is 1.80 bits per heavy atom. The van der Waals surface area contributed by atoms with Gasteiger partial charge in [0, 0.05) is 44.6 Å². The molecular weight excluding hydrogens is 315 g/mol. The predicted molar refractivity (Wildman–Crippen MR) is 97.1 cm³/mol. The van der Waals surface area contributed by atoms with Gasteiger partial charge in [-0.1, -0.05) is 12.1 Å². The van der Waals surface area contributed by atoms with Crippen LogP contribution in [-0.2, 0) is 6.42 Å². The Hall–Kier alpha value is -2.01. The first-order valence-electron chi connectivity index (χ1n) is 9.28. The molecule has 2 aliphatic rings. The van der Waals surface area contributed by atoms with E-state index in [9.17, 15) is 4.39 Å². The van der Waals surface area contributed by atoms with Crippen LogP contribution >= 0.6 is 0 Å². The number of anilines is 1. The molecule has 0 aliphatic carbocycles. The van der Waals surface area contributed by atoms with Crippen LogP contribution in [0.2, 0.25) is 0 Å². The Morgan fingerprint density at radius 1 is 1.00 bits per heavy atom. The summed E-state index contributed by atoms with van der Waals surface area (Å²) in [5, 5.41) is 0. The van der Waals surface area contributed by atoms with Gasteiger partial charge in [-0.3, -0.25) is 4.90 Å². The molecule has 25 heavy (non-hydrogen) atoms. The molecule has 2 saturated heterocycles. The van der Waals surface area contributed by atoms with Gasteiger partial charge in [0.25, 0.3) is 0 Å². The van der Waals surface area contributed by atoms with Crippen molar-refractivity contribution in [3.05, 3.63) is 54.1 Å². The summed E-state index contributed by atoms with van der Waals surface area (Å²) >= 11 is 0. The third kappa shape index (κ3) is 3.98. The summed E-state index contributed by atoms with van der Waals surface area (Å²) in [7, 11) is 0. The van der Waals surface area contributed by atoms with Crippen LogP contribution in [0.15, 0.2) is 42.7 Å². The summed E-state index contributed by atoms with van der Waals surface area (Å²) in [6.07, 6.45) is 8.42. The standard InChI is InChI=1S/C20H25FN4/c21-18-7-4-16(5-8-18)2-3-17-6-9-19-15-25(13-12-24(19)14-17)20-22-10-1-11-23-20/h1,4-5,7-8,10-11,17,19H,2-3,6,9,12-15H2. The van der Waals surface area contributed by atoms with E-state index >= 15 is 0 Å². The van der Waals surface area contributed by atoms with E-state index in [1.165, 1.54) is 31.4 Å².